The van der Waals surface area contributed by atoms with Crippen molar-refractivity contribution in [2.45, 2.75) is 25.2 Å². The molecule has 3 rings (SSSR count). The molecule has 118 valence electrons. The van der Waals surface area contributed by atoms with E-state index in [0.29, 0.717) is 37.6 Å². The van der Waals surface area contributed by atoms with E-state index in [4.69, 9.17) is 4.52 Å². The number of nitrogens with zero attached hydrogens (tertiary/aromatic N) is 3. The third-order valence-electron chi connectivity index (χ3n) is 4.27. The SMILES string of the molecule is CC1(c2nc(-c3ccccc3)no2)CCN(S(C)(=O)=O)CC1. The van der Waals surface area contributed by atoms with Gasteiger partial charge in [0.2, 0.25) is 21.7 Å². The summed E-state index contributed by atoms with van der Waals surface area (Å²) in [5.41, 5.74) is 0.635. The highest BCUT2D eigenvalue weighted by molar-refractivity contribution is 7.88. The molecule has 0 bridgehead atoms. The Balaban J connectivity index is 1.79. The van der Waals surface area contributed by atoms with Crippen LogP contribution in [0.25, 0.3) is 11.4 Å². The molecule has 1 aliphatic heterocycles. The highest BCUT2D eigenvalue weighted by Gasteiger charge is 2.38. The molecule has 0 aliphatic carbocycles. The Morgan fingerprint density at radius 1 is 1.18 bits per heavy atom. The van der Waals surface area contributed by atoms with Crippen molar-refractivity contribution in [1.82, 2.24) is 14.4 Å². The van der Waals surface area contributed by atoms with Crippen molar-refractivity contribution in [3.63, 3.8) is 0 Å². The summed E-state index contributed by atoms with van der Waals surface area (Å²) in [6.07, 6.45) is 2.60. The number of hydrogen-bond donors (Lipinski definition) is 0. The summed E-state index contributed by atoms with van der Waals surface area (Å²) in [6, 6.07) is 9.66. The zero-order chi connectivity index (χ0) is 15.8. The maximum absolute atomic E-state index is 11.6. The van der Waals surface area contributed by atoms with Crippen molar-refractivity contribution in [2.75, 3.05) is 19.3 Å². The summed E-state index contributed by atoms with van der Waals surface area (Å²) in [7, 11) is -3.13. The van der Waals surface area contributed by atoms with E-state index in [1.807, 2.05) is 30.3 Å². The first-order chi connectivity index (χ1) is 10.4. The molecule has 0 saturated carbocycles. The average Bonchev–Trinajstić information content (AvgIpc) is 2.98. The summed E-state index contributed by atoms with van der Waals surface area (Å²) in [4.78, 5) is 4.52. The average molecular weight is 321 g/mol. The third-order valence-corrected chi connectivity index (χ3v) is 5.57. The molecule has 7 heteroatoms. The summed E-state index contributed by atoms with van der Waals surface area (Å²) >= 11 is 0. The molecule has 0 unspecified atom stereocenters. The lowest BCUT2D eigenvalue weighted by molar-refractivity contribution is 0.198. The van der Waals surface area contributed by atoms with Gasteiger partial charge in [0.25, 0.3) is 0 Å². The van der Waals surface area contributed by atoms with E-state index in [9.17, 15) is 8.42 Å². The molecule has 1 saturated heterocycles. The van der Waals surface area contributed by atoms with Crippen LogP contribution in [0.4, 0.5) is 0 Å². The van der Waals surface area contributed by atoms with E-state index >= 15 is 0 Å². The van der Waals surface area contributed by atoms with Crippen LogP contribution in [-0.4, -0.2) is 42.2 Å². The van der Waals surface area contributed by atoms with E-state index < -0.39 is 10.0 Å². The fourth-order valence-corrected chi connectivity index (χ4v) is 3.54. The van der Waals surface area contributed by atoms with Crippen molar-refractivity contribution in [3.05, 3.63) is 36.2 Å². The topological polar surface area (TPSA) is 76.3 Å². The lowest BCUT2D eigenvalue weighted by Crippen LogP contribution is -2.43. The van der Waals surface area contributed by atoms with Gasteiger partial charge in [-0.25, -0.2) is 12.7 Å². The maximum atomic E-state index is 11.6. The minimum Gasteiger partial charge on any atom is -0.338 e. The van der Waals surface area contributed by atoms with E-state index in [2.05, 4.69) is 17.1 Å². The van der Waals surface area contributed by atoms with E-state index in [1.165, 1.54) is 10.6 Å². The lowest BCUT2D eigenvalue weighted by atomic mass is 9.81. The fourth-order valence-electron chi connectivity index (χ4n) is 2.70. The van der Waals surface area contributed by atoms with Crippen LogP contribution in [0.15, 0.2) is 34.9 Å². The predicted octanol–water partition coefficient (Wildman–Crippen LogP) is 2.05. The van der Waals surface area contributed by atoms with Gasteiger partial charge in [-0.15, -0.1) is 0 Å². The fraction of sp³-hybridized carbons (Fsp3) is 0.467. The highest BCUT2D eigenvalue weighted by atomic mass is 32.2. The predicted molar refractivity (Wildman–Crippen MR) is 82.7 cm³/mol. The Kier molecular flexibility index (Phi) is 3.78. The number of sulfonamides is 1. The Morgan fingerprint density at radius 2 is 1.82 bits per heavy atom. The van der Waals surface area contributed by atoms with Crippen molar-refractivity contribution in [1.29, 1.82) is 0 Å². The van der Waals surface area contributed by atoms with E-state index in [1.54, 1.807) is 0 Å². The van der Waals surface area contributed by atoms with Gasteiger partial charge in [0.05, 0.1) is 6.26 Å². The summed E-state index contributed by atoms with van der Waals surface area (Å²) in [5.74, 6) is 1.15. The van der Waals surface area contributed by atoms with Crippen LogP contribution in [0, 0.1) is 0 Å². The Morgan fingerprint density at radius 3 is 2.41 bits per heavy atom. The minimum absolute atomic E-state index is 0.277. The Hall–Kier alpha value is -1.73. The molecule has 6 nitrogen and oxygen atoms in total. The van der Waals surface area contributed by atoms with Crippen LogP contribution in [0.3, 0.4) is 0 Å². The van der Waals surface area contributed by atoms with Crippen LogP contribution >= 0.6 is 0 Å². The normalized spacial score (nSPS) is 19.2. The highest BCUT2D eigenvalue weighted by Crippen LogP contribution is 2.35. The zero-order valence-electron chi connectivity index (χ0n) is 12.7. The van der Waals surface area contributed by atoms with Gasteiger partial charge in [-0.1, -0.05) is 42.4 Å². The molecule has 0 atom stereocenters. The van der Waals surface area contributed by atoms with Crippen molar-refractivity contribution < 1.29 is 12.9 Å². The molecular weight excluding hydrogens is 302 g/mol. The first kappa shape index (κ1) is 15.2. The van der Waals surface area contributed by atoms with Gasteiger partial charge >= 0.3 is 0 Å². The van der Waals surface area contributed by atoms with Gasteiger partial charge in [0.1, 0.15) is 0 Å². The monoisotopic (exact) mass is 321 g/mol. The smallest absolute Gasteiger partial charge is 0.232 e. The van der Waals surface area contributed by atoms with Crippen molar-refractivity contribution in [2.24, 2.45) is 0 Å². The summed E-state index contributed by atoms with van der Waals surface area (Å²) in [5, 5.41) is 4.06. The molecule has 0 spiro atoms. The summed E-state index contributed by atoms with van der Waals surface area (Å²) < 4.78 is 30.2. The molecule has 22 heavy (non-hydrogen) atoms. The standard InChI is InChI=1S/C15H19N3O3S/c1-15(8-10-18(11-9-15)22(2,19)20)14-16-13(17-21-14)12-6-4-3-5-7-12/h3-7H,8-11H2,1-2H3. The van der Waals surface area contributed by atoms with Crippen LogP contribution < -0.4 is 0 Å². The van der Waals surface area contributed by atoms with E-state index in [0.717, 1.165) is 5.56 Å². The van der Waals surface area contributed by atoms with Gasteiger partial charge in [-0.3, -0.25) is 0 Å². The van der Waals surface area contributed by atoms with Gasteiger partial charge in [0.15, 0.2) is 0 Å². The molecule has 0 N–H and O–H groups in total. The minimum atomic E-state index is -3.13. The third kappa shape index (κ3) is 2.91. The zero-order valence-corrected chi connectivity index (χ0v) is 13.5. The molecule has 1 fully saturated rings. The first-order valence-electron chi connectivity index (χ1n) is 7.23. The van der Waals surface area contributed by atoms with Crippen LogP contribution in [0.1, 0.15) is 25.7 Å². The molecule has 2 heterocycles. The van der Waals surface area contributed by atoms with Crippen LogP contribution in [-0.2, 0) is 15.4 Å². The largest absolute Gasteiger partial charge is 0.338 e. The Bertz CT molecular complexity index is 747. The second kappa shape index (κ2) is 5.48. The maximum Gasteiger partial charge on any atom is 0.232 e. The second-order valence-corrected chi connectivity index (χ2v) is 7.99. The van der Waals surface area contributed by atoms with Gasteiger partial charge in [-0.05, 0) is 12.8 Å². The van der Waals surface area contributed by atoms with Crippen molar-refractivity contribution >= 4 is 10.0 Å². The quantitative estimate of drug-likeness (QED) is 0.865. The van der Waals surface area contributed by atoms with E-state index in [-0.39, 0.29) is 5.41 Å². The van der Waals surface area contributed by atoms with Crippen LogP contribution in [0.5, 0.6) is 0 Å². The lowest BCUT2D eigenvalue weighted by Gasteiger charge is -2.35. The first-order valence-corrected chi connectivity index (χ1v) is 9.08. The second-order valence-electron chi connectivity index (χ2n) is 6.01. The number of rotatable bonds is 3. The number of hydrogen-bond acceptors (Lipinski definition) is 5. The number of piperidine rings is 1. The van der Waals surface area contributed by atoms with Gasteiger partial charge < -0.3 is 4.52 Å². The molecule has 1 aliphatic rings. The van der Waals surface area contributed by atoms with Crippen LogP contribution in [0.2, 0.25) is 0 Å². The molecular formula is C15H19N3O3S. The molecule has 0 amide bonds. The molecule has 1 aromatic heterocycles. The summed E-state index contributed by atoms with van der Waals surface area (Å²) in [6.45, 7) is 3.02. The molecule has 1 aromatic carbocycles. The Labute approximate surface area is 130 Å². The van der Waals surface area contributed by atoms with Crippen molar-refractivity contribution in [3.8, 4) is 11.4 Å². The number of benzene rings is 1. The molecule has 2 aromatic rings. The van der Waals surface area contributed by atoms with Gasteiger partial charge in [-0.2, -0.15) is 4.98 Å². The molecule has 0 radical (unpaired) electrons. The van der Waals surface area contributed by atoms with Gasteiger partial charge in [0, 0.05) is 24.1 Å². The number of aromatic nitrogens is 2.